The summed E-state index contributed by atoms with van der Waals surface area (Å²) in [7, 11) is 0. The number of nitriles is 1. The van der Waals surface area contributed by atoms with Gasteiger partial charge in [0.25, 0.3) is 6.43 Å². The van der Waals surface area contributed by atoms with Gasteiger partial charge in [0.15, 0.2) is 0 Å². The van der Waals surface area contributed by atoms with Gasteiger partial charge in [-0.05, 0) is 6.07 Å². The molecule has 0 aromatic carbocycles. The van der Waals surface area contributed by atoms with Crippen molar-refractivity contribution in [1.29, 1.82) is 5.26 Å². The Hall–Kier alpha value is -1.70. The maximum atomic E-state index is 12.0. The Morgan fingerprint density at radius 2 is 2.25 bits per heavy atom. The normalized spacial score (nSPS) is 9.83. The van der Waals surface area contributed by atoms with E-state index in [0.717, 1.165) is 12.3 Å². The quantitative estimate of drug-likeness (QED) is 0.692. The van der Waals surface area contributed by atoms with Gasteiger partial charge in [-0.2, -0.15) is 5.26 Å². The second-order valence-corrected chi connectivity index (χ2v) is 2.11. The van der Waals surface area contributed by atoms with Crippen molar-refractivity contribution in [3.05, 3.63) is 23.4 Å². The summed E-state index contributed by atoms with van der Waals surface area (Å²) in [6.07, 6.45) is -1.66. The van der Waals surface area contributed by atoms with Crippen LogP contribution in [0.1, 0.15) is 17.6 Å². The van der Waals surface area contributed by atoms with E-state index in [-0.39, 0.29) is 16.9 Å². The fourth-order valence-electron chi connectivity index (χ4n) is 0.700. The second-order valence-electron chi connectivity index (χ2n) is 2.11. The smallest absolute Gasteiger partial charge is 0.265 e. The van der Waals surface area contributed by atoms with E-state index in [1.54, 1.807) is 6.07 Å². The predicted octanol–water partition coefficient (Wildman–Crippen LogP) is 1.47. The fraction of sp³-hybridized carbons (Fsp3) is 0.143. The van der Waals surface area contributed by atoms with Gasteiger partial charge in [-0.15, -0.1) is 0 Å². The molecule has 0 radical (unpaired) electrons. The van der Waals surface area contributed by atoms with Gasteiger partial charge in [-0.25, -0.2) is 13.8 Å². The highest BCUT2D eigenvalue weighted by Crippen LogP contribution is 2.20. The van der Waals surface area contributed by atoms with Gasteiger partial charge < -0.3 is 5.73 Å². The first-order chi connectivity index (χ1) is 5.65. The van der Waals surface area contributed by atoms with Crippen LogP contribution in [0.3, 0.4) is 0 Å². The van der Waals surface area contributed by atoms with Crippen molar-refractivity contribution < 1.29 is 8.78 Å². The number of anilines is 1. The van der Waals surface area contributed by atoms with Crippen molar-refractivity contribution in [2.24, 2.45) is 0 Å². The molecule has 1 rings (SSSR count). The number of nitrogens with two attached hydrogens (primary N) is 1. The molecular formula is C7H5F2N3. The Kier molecular flexibility index (Phi) is 2.19. The summed E-state index contributed by atoms with van der Waals surface area (Å²) in [6.45, 7) is 0. The maximum Gasteiger partial charge on any atom is 0.265 e. The lowest BCUT2D eigenvalue weighted by Gasteiger charge is -2.00. The van der Waals surface area contributed by atoms with E-state index in [4.69, 9.17) is 11.0 Å². The third kappa shape index (κ3) is 1.48. The van der Waals surface area contributed by atoms with Crippen molar-refractivity contribution in [3.8, 4) is 6.07 Å². The van der Waals surface area contributed by atoms with Crippen LogP contribution in [0.4, 0.5) is 14.6 Å². The van der Waals surface area contributed by atoms with Gasteiger partial charge in [0.05, 0.1) is 5.56 Å². The second kappa shape index (κ2) is 3.13. The van der Waals surface area contributed by atoms with Crippen molar-refractivity contribution in [2.45, 2.75) is 6.43 Å². The summed E-state index contributed by atoms with van der Waals surface area (Å²) in [5.74, 6) is -0.0260. The topological polar surface area (TPSA) is 62.7 Å². The number of alkyl halides is 2. The van der Waals surface area contributed by atoms with Crippen LogP contribution in [-0.2, 0) is 0 Å². The molecule has 0 aliphatic heterocycles. The first-order valence-corrected chi connectivity index (χ1v) is 3.09. The standard InChI is InChI=1S/C7H5F2N3/c8-6(9)5-1-4(2-10)7(11)12-3-5/h1,3,6H,(H2,11,12). The Morgan fingerprint density at radius 3 is 2.75 bits per heavy atom. The summed E-state index contributed by atoms with van der Waals surface area (Å²) in [4.78, 5) is 3.45. The van der Waals surface area contributed by atoms with Gasteiger partial charge in [-0.3, -0.25) is 0 Å². The van der Waals surface area contributed by atoms with E-state index in [1.165, 1.54) is 0 Å². The average molecular weight is 169 g/mol. The zero-order chi connectivity index (χ0) is 9.14. The summed E-state index contributed by atoms with van der Waals surface area (Å²) in [5, 5.41) is 8.41. The predicted molar refractivity (Wildman–Crippen MR) is 38.3 cm³/mol. The zero-order valence-corrected chi connectivity index (χ0v) is 5.96. The SMILES string of the molecule is N#Cc1cc(C(F)F)cnc1N. The Labute approximate surface area is 67.4 Å². The minimum atomic E-state index is -2.62. The van der Waals surface area contributed by atoms with Gasteiger partial charge in [-0.1, -0.05) is 0 Å². The largest absolute Gasteiger partial charge is 0.383 e. The van der Waals surface area contributed by atoms with Crippen LogP contribution in [0.5, 0.6) is 0 Å². The Balaban J connectivity index is 3.16. The molecule has 0 saturated carbocycles. The molecule has 3 nitrogen and oxygen atoms in total. The molecule has 0 amide bonds. The highest BCUT2D eigenvalue weighted by Gasteiger charge is 2.09. The van der Waals surface area contributed by atoms with Gasteiger partial charge in [0, 0.05) is 11.8 Å². The summed E-state index contributed by atoms with van der Waals surface area (Å²) < 4.78 is 24.0. The average Bonchev–Trinajstić information content (AvgIpc) is 2.05. The Bertz CT molecular complexity index is 330. The number of aromatic nitrogens is 1. The van der Waals surface area contributed by atoms with E-state index in [0.29, 0.717) is 0 Å². The number of hydrogen-bond donors (Lipinski definition) is 1. The molecule has 0 atom stereocenters. The van der Waals surface area contributed by atoms with E-state index in [1.807, 2.05) is 0 Å². The van der Waals surface area contributed by atoms with Crippen molar-refractivity contribution in [2.75, 3.05) is 5.73 Å². The van der Waals surface area contributed by atoms with Crippen LogP contribution in [-0.4, -0.2) is 4.98 Å². The van der Waals surface area contributed by atoms with Crippen molar-refractivity contribution in [3.63, 3.8) is 0 Å². The summed E-state index contributed by atoms with van der Waals surface area (Å²) >= 11 is 0. The molecular weight excluding hydrogens is 164 g/mol. The highest BCUT2D eigenvalue weighted by atomic mass is 19.3. The first kappa shape index (κ1) is 8.40. The number of nitrogens with zero attached hydrogens (tertiary/aromatic N) is 2. The molecule has 2 N–H and O–H groups in total. The number of pyridine rings is 1. The molecule has 1 aromatic heterocycles. The number of rotatable bonds is 1. The molecule has 0 aliphatic carbocycles. The van der Waals surface area contributed by atoms with E-state index in [2.05, 4.69) is 4.98 Å². The molecule has 0 bridgehead atoms. The highest BCUT2D eigenvalue weighted by molar-refractivity contribution is 5.49. The molecule has 5 heteroatoms. The lowest BCUT2D eigenvalue weighted by atomic mass is 10.2. The van der Waals surface area contributed by atoms with Crippen LogP contribution in [0.15, 0.2) is 12.3 Å². The van der Waals surface area contributed by atoms with Gasteiger partial charge >= 0.3 is 0 Å². The lowest BCUT2D eigenvalue weighted by Crippen LogP contribution is -1.96. The number of halogens is 2. The lowest BCUT2D eigenvalue weighted by molar-refractivity contribution is 0.151. The van der Waals surface area contributed by atoms with Crippen LogP contribution in [0.2, 0.25) is 0 Å². The van der Waals surface area contributed by atoms with E-state index < -0.39 is 6.43 Å². The third-order valence-corrected chi connectivity index (χ3v) is 1.31. The molecule has 0 unspecified atom stereocenters. The van der Waals surface area contributed by atoms with Crippen molar-refractivity contribution >= 4 is 5.82 Å². The molecule has 12 heavy (non-hydrogen) atoms. The molecule has 1 heterocycles. The summed E-state index contributed by atoms with van der Waals surface area (Å²) in [5.41, 5.74) is 4.91. The molecule has 0 spiro atoms. The van der Waals surface area contributed by atoms with Crippen LogP contribution >= 0.6 is 0 Å². The molecule has 62 valence electrons. The van der Waals surface area contributed by atoms with E-state index in [9.17, 15) is 8.78 Å². The van der Waals surface area contributed by atoms with Crippen molar-refractivity contribution in [1.82, 2.24) is 4.98 Å². The van der Waals surface area contributed by atoms with Gasteiger partial charge in [0.1, 0.15) is 11.9 Å². The molecule has 1 aromatic rings. The minimum Gasteiger partial charge on any atom is -0.383 e. The van der Waals surface area contributed by atoms with Gasteiger partial charge in [0.2, 0.25) is 0 Å². The molecule has 0 aliphatic rings. The monoisotopic (exact) mass is 169 g/mol. The number of hydrogen-bond acceptors (Lipinski definition) is 3. The zero-order valence-electron chi connectivity index (χ0n) is 5.96. The van der Waals surface area contributed by atoms with Crippen LogP contribution < -0.4 is 5.73 Å². The van der Waals surface area contributed by atoms with E-state index >= 15 is 0 Å². The summed E-state index contributed by atoms with van der Waals surface area (Å²) in [6, 6.07) is 2.70. The van der Waals surface area contributed by atoms with Crippen LogP contribution in [0, 0.1) is 11.3 Å². The Morgan fingerprint density at radius 1 is 1.58 bits per heavy atom. The maximum absolute atomic E-state index is 12.0. The first-order valence-electron chi connectivity index (χ1n) is 3.09. The molecule has 0 fully saturated rings. The fourth-order valence-corrected chi connectivity index (χ4v) is 0.700. The third-order valence-electron chi connectivity index (χ3n) is 1.31. The molecule has 0 saturated heterocycles. The minimum absolute atomic E-state index is 0.0206. The number of nitrogen functional groups attached to an aromatic ring is 1. The van der Waals surface area contributed by atoms with Crippen LogP contribution in [0.25, 0.3) is 0 Å².